The summed E-state index contributed by atoms with van der Waals surface area (Å²) in [6.07, 6.45) is 4.58. The van der Waals surface area contributed by atoms with Gasteiger partial charge in [-0.15, -0.1) is 0 Å². The lowest BCUT2D eigenvalue weighted by molar-refractivity contribution is -0.131. The summed E-state index contributed by atoms with van der Waals surface area (Å²) in [6.45, 7) is 1.62. The van der Waals surface area contributed by atoms with Crippen molar-refractivity contribution < 1.29 is 9.53 Å². The van der Waals surface area contributed by atoms with E-state index >= 15 is 0 Å². The van der Waals surface area contributed by atoms with Gasteiger partial charge in [0.15, 0.2) is 0 Å². The zero-order valence-corrected chi connectivity index (χ0v) is 17.2. The number of benzene rings is 3. The molecular weight excluding hydrogens is 372 g/mol. The summed E-state index contributed by atoms with van der Waals surface area (Å²) in [5, 5.41) is 3.60. The molecule has 1 aliphatic rings. The highest BCUT2D eigenvalue weighted by Crippen LogP contribution is 2.35. The normalized spacial score (nSPS) is 15.0. The van der Waals surface area contributed by atoms with Crippen molar-refractivity contribution in [3.05, 3.63) is 78.0 Å². The Morgan fingerprint density at radius 3 is 2.67 bits per heavy atom. The fourth-order valence-corrected chi connectivity index (χ4v) is 4.75. The molecule has 0 bridgehead atoms. The zero-order chi connectivity index (χ0) is 20.5. The molecule has 4 nitrogen and oxygen atoms in total. The van der Waals surface area contributed by atoms with Crippen molar-refractivity contribution in [1.82, 2.24) is 9.88 Å². The number of aromatic nitrogens is 1. The van der Waals surface area contributed by atoms with Gasteiger partial charge in [0.05, 0.1) is 13.5 Å². The highest BCUT2D eigenvalue weighted by molar-refractivity contribution is 5.90. The molecule has 1 aromatic heterocycles. The van der Waals surface area contributed by atoms with E-state index in [0.717, 1.165) is 42.8 Å². The van der Waals surface area contributed by atoms with Gasteiger partial charge >= 0.3 is 0 Å². The molecule has 0 atom stereocenters. The molecule has 30 heavy (non-hydrogen) atoms. The van der Waals surface area contributed by atoms with E-state index in [1.165, 1.54) is 21.7 Å². The summed E-state index contributed by atoms with van der Waals surface area (Å²) < 4.78 is 5.40. The van der Waals surface area contributed by atoms with Crippen LogP contribution in [0.1, 0.15) is 29.9 Å². The van der Waals surface area contributed by atoms with Crippen LogP contribution in [0.3, 0.4) is 0 Å². The SMILES string of the molecule is COc1ccc2[nH]cc(C3CCN(C(=O)Cc4cccc5ccccc45)CC3)c2c1. The Bertz CT molecular complexity index is 1200. The molecule has 0 unspecified atom stereocenters. The third-order valence-electron chi connectivity index (χ3n) is 6.43. The molecular formula is C26H26N2O2. The van der Waals surface area contributed by atoms with Crippen molar-refractivity contribution in [3.63, 3.8) is 0 Å². The van der Waals surface area contributed by atoms with Gasteiger partial charge in [-0.3, -0.25) is 4.79 Å². The number of methoxy groups -OCH3 is 1. The second kappa shape index (κ2) is 7.86. The van der Waals surface area contributed by atoms with Crippen LogP contribution >= 0.6 is 0 Å². The Hall–Kier alpha value is -3.27. The number of carbonyl (C=O) groups is 1. The number of hydrogen-bond acceptors (Lipinski definition) is 2. The first-order chi connectivity index (χ1) is 14.7. The molecule has 1 fully saturated rings. The summed E-state index contributed by atoms with van der Waals surface area (Å²) in [6, 6.07) is 20.7. The minimum atomic E-state index is 0.227. The van der Waals surface area contributed by atoms with Crippen LogP contribution in [0.5, 0.6) is 5.75 Å². The van der Waals surface area contributed by atoms with E-state index in [-0.39, 0.29) is 5.91 Å². The number of nitrogens with one attached hydrogen (secondary N) is 1. The van der Waals surface area contributed by atoms with Gasteiger partial charge < -0.3 is 14.6 Å². The molecule has 4 heteroatoms. The molecule has 0 spiro atoms. The molecule has 152 valence electrons. The first-order valence-electron chi connectivity index (χ1n) is 10.6. The number of nitrogens with zero attached hydrogens (tertiary/aromatic N) is 1. The predicted octanol–water partition coefficient (Wildman–Crippen LogP) is 5.28. The largest absolute Gasteiger partial charge is 0.497 e. The molecule has 0 aliphatic carbocycles. The van der Waals surface area contributed by atoms with E-state index in [1.807, 2.05) is 29.2 Å². The summed E-state index contributed by atoms with van der Waals surface area (Å²) in [7, 11) is 1.70. The van der Waals surface area contributed by atoms with E-state index in [0.29, 0.717) is 12.3 Å². The summed E-state index contributed by atoms with van der Waals surface area (Å²) in [5.74, 6) is 1.57. The lowest BCUT2D eigenvalue weighted by Gasteiger charge is -2.32. The van der Waals surface area contributed by atoms with E-state index in [2.05, 4.69) is 47.6 Å². The molecule has 3 aromatic carbocycles. The number of rotatable bonds is 4. The molecule has 0 saturated carbocycles. The summed E-state index contributed by atoms with van der Waals surface area (Å²) in [5.41, 5.74) is 3.59. The monoisotopic (exact) mass is 398 g/mol. The number of H-pyrrole nitrogens is 1. The van der Waals surface area contributed by atoms with Crippen molar-refractivity contribution in [2.45, 2.75) is 25.2 Å². The number of ether oxygens (including phenoxy) is 1. The second-order valence-electron chi connectivity index (χ2n) is 8.13. The van der Waals surface area contributed by atoms with Crippen LogP contribution in [0.25, 0.3) is 21.7 Å². The maximum Gasteiger partial charge on any atom is 0.227 e. The van der Waals surface area contributed by atoms with E-state index < -0.39 is 0 Å². The third-order valence-corrected chi connectivity index (χ3v) is 6.43. The summed E-state index contributed by atoms with van der Waals surface area (Å²) >= 11 is 0. The molecule has 2 heterocycles. The van der Waals surface area contributed by atoms with Crippen LogP contribution in [-0.4, -0.2) is 36.0 Å². The van der Waals surface area contributed by atoms with Gasteiger partial charge in [-0.05, 0) is 58.9 Å². The van der Waals surface area contributed by atoms with Crippen LogP contribution in [-0.2, 0) is 11.2 Å². The van der Waals surface area contributed by atoms with Crippen LogP contribution in [0, 0.1) is 0 Å². The quantitative estimate of drug-likeness (QED) is 0.508. The van der Waals surface area contributed by atoms with Gasteiger partial charge in [0, 0.05) is 30.2 Å². The number of likely N-dealkylation sites (tertiary alicyclic amines) is 1. The molecule has 0 radical (unpaired) electrons. The molecule has 1 N–H and O–H groups in total. The average molecular weight is 399 g/mol. The highest BCUT2D eigenvalue weighted by Gasteiger charge is 2.25. The lowest BCUT2D eigenvalue weighted by Crippen LogP contribution is -2.38. The minimum absolute atomic E-state index is 0.227. The smallest absolute Gasteiger partial charge is 0.227 e. The van der Waals surface area contributed by atoms with E-state index in [9.17, 15) is 4.79 Å². The zero-order valence-electron chi connectivity index (χ0n) is 17.2. The van der Waals surface area contributed by atoms with Gasteiger partial charge in [0.2, 0.25) is 5.91 Å². The predicted molar refractivity (Wildman–Crippen MR) is 121 cm³/mol. The third kappa shape index (κ3) is 3.43. The Kier molecular flexibility index (Phi) is 4.91. The Balaban J connectivity index is 1.28. The number of fused-ring (bicyclic) bond motifs is 2. The van der Waals surface area contributed by atoms with Crippen LogP contribution in [0.4, 0.5) is 0 Å². The second-order valence-corrected chi connectivity index (χ2v) is 8.13. The molecule has 5 rings (SSSR count). The maximum absolute atomic E-state index is 13.0. The van der Waals surface area contributed by atoms with Crippen LogP contribution < -0.4 is 4.74 Å². The average Bonchev–Trinajstić information content (AvgIpc) is 3.22. The Labute approximate surface area is 176 Å². The van der Waals surface area contributed by atoms with Gasteiger partial charge in [0.1, 0.15) is 5.75 Å². The van der Waals surface area contributed by atoms with Gasteiger partial charge in [-0.25, -0.2) is 0 Å². The number of hydrogen-bond donors (Lipinski definition) is 1. The van der Waals surface area contributed by atoms with Crippen molar-refractivity contribution >= 4 is 27.6 Å². The van der Waals surface area contributed by atoms with Crippen molar-refractivity contribution in [2.75, 3.05) is 20.2 Å². The number of aromatic amines is 1. The van der Waals surface area contributed by atoms with E-state index in [4.69, 9.17) is 4.74 Å². The highest BCUT2D eigenvalue weighted by atomic mass is 16.5. The number of carbonyl (C=O) groups excluding carboxylic acids is 1. The Morgan fingerprint density at radius 1 is 1.03 bits per heavy atom. The topological polar surface area (TPSA) is 45.3 Å². The fourth-order valence-electron chi connectivity index (χ4n) is 4.75. The van der Waals surface area contributed by atoms with Crippen molar-refractivity contribution in [2.24, 2.45) is 0 Å². The Morgan fingerprint density at radius 2 is 1.83 bits per heavy atom. The molecule has 1 aliphatic heterocycles. The van der Waals surface area contributed by atoms with Crippen molar-refractivity contribution in [1.29, 1.82) is 0 Å². The van der Waals surface area contributed by atoms with E-state index in [1.54, 1.807) is 7.11 Å². The lowest BCUT2D eigenvalue weighted by atomic mass is 9.89. The first-order valence-corrected chi connectivity index (χ1v) is 10.6. The van der Waals surface area contributed by atoms with Crippen LogP contribution in [0.15, 0.2) is 66.9 Å². The summed E-state index contributed by atoms with van der Waals surface area (Å²) in [4.78, 5) is 18.4. The van der Waals surface area contributed by atoms with Crippen molar-refractivity contribution in [3.8, 4) is 5.75 Å². The van der Waals surface area contributed by atoms with Crippen LogP contribution in [0.2, 0.25) is 0 Å². The maximum atomic E-state index is 13.0. The van der Waals surface area contributed by atoms with Gasteiger partial charge in [-0.2, -0.15) is 0 Å². The minimum Gasteiger partial charge on any atom is -0.497 e. The molecule has 1 saturated heterocycles. The number of amides is 1. The molecule has 1 amide bonds. The first kappa shape index (κ1) is 18.7. The number of piperidine rings is 1. The van der Waals surface area contributed by atoms with Gasteiger partial charge in [0.25, 0.3) is 0 Å². The standard InChI is InChI=1S/C26H26N2O2/c1-30-21-9-10-25-23(16-21)24(17-27-25)19-11-13-28(14-12-19)26(29)15-20-7-4-6-18-5-2-3-8-22(18)20/h2-10,16-17,19,27H,11-15H2,1H3. The van der Waals surface area contributed by atoms with Gasteiger partial charge in [-0.1, -0.05) is 42.5 Å². The fraction of sp³-hybridized carbons (Fsp3) is 0.269. The molecule has 4 aromatic rings.